The van der Waals surface area contributed by atoms with Crippen molar-refractivity contribution in [1.29, 1.82) is 0 Å². The molecule has 0 bridgehead atoms. The summed E-state index contributed by atoms with van der Waals surface area (Å²) >= 11 is 0. The largest absolute Gasteiger partial charge is 0.368 e. The number of carbonyl (C=O) groups is 1. The van der Waals surface area contributed by atoms with E-state index in [1.54, 1.807) is 12.1 Å². The van der Waals surface area contributed by atoms with Gasteiger partial charge in [0.25, 0.3) is 0 Å². The molecule has 0 spiro atoms. The van der Waals surface area contributed by atoms with Crippen LogP contribution in [0.1, 0.15) is 53.9 Å². The number of primary amides is 1. The van der Waals surface area contributed by atoms with E-state index < -0.39 is 22.2 Å². The molecule has 1 amide bonds. The summed E-state index contributed by atoms with van der Waals surface area (Å²) in [5.41, 5.74) is 6.60. The molecule has 2 heterocycles. The van der Waals surface area contributed by atoms with Gasteiger partial charge in [0, 0.05) is 19.7 Å². The second kappa shape index (κ2) is 10.9. The Morgan fingerprint density at radius 2 is 1.61 bits per heavy atom. The Bertz CT molecular complexity index is 951. The summed E-state index contributed by atoms with van der Waals surface area (Å²) in [7, 11) is -3.71. The van der Waals surface area contributed by atoms with Gasteiger partial charge in [-0.3, -0.25) is 4.79 Å². The van der Waals surface area contributed by atoms with Crippen molar-refractivity contribution in [3.8, 4) is 0 Å². The Labute approximate surface area is 183 Å². The summed E-state index contributed by atoms with van der Waals surface area (Å²) in [5.74, 6) is -0.364. The van der Waals surface area contributed by atoms with Gasteiger partial charge >= 0.3 is 0 Å². The lowest BCUT2D eigenvalue weighted by Gasteiger charge is -2.31. The number of aliphatic hydroxyl groups excluding tert-OH is 1. The van der Waals surface area contributed by atoms with Crippen molar-refractivity contribution in [2.45, 2.75) is 49.2 Å². The van der Waals surface area contributed by atoms with Crippen molar-refractivity contribution >= 4 is 15.9 Å². The number of rotatable bonds is 4. The van der Waals surface area contributed by atoms with Crippen LogP contribution in [0.25, 0.3) is 0 Å². The minimum atomic E-state index is -3.71. The van der Waals surface area contributed by atoms with E-state index in [1.807, 2.05) is 18.2 Å². The molecular weight excluding hydrogens is 416 g/mol. The maximum Gasteiger partial charge on any atom is 0.250 e. The third-order valence-corrected chi connectivity index (χ3v) is 7.61. The van der Waals surface area contributed by atoms with Crippen LogP contribution < -0.4 is 5.73 Å². The van der Waals surface area contributed by atoms with Gasteiger partial charge in [-0.15, -0.1) is 0 Å². The highest BCUT2D eigenvalue weighted by atomic mass is 32.2. The van der Waals surface area contributed by atoms with Gasteiger partial charge < -0.3 is 15.6 Å². The van der Waals surface area contributed by atoms with Gasteiger partial charge in [-0.2, -0.15) is 4.31 Å². The van der Waals surface area contributed by atoms with Crippen molar-refractivity contribution in [2.75, 3.05) is 19.7 Å². The van der Waals surface area contributed by atoms with Crippen molar-refractivity contribution in [2.24, 2.45) is 5.73 Å². The van der Waals surface area contributed by atoms with Gasteiger partial charge in [-0.05, 0) is 55.7 Å². The molecule has 0 saturated carbocycles. The minimum absolute atomic E-state index is 0.00402. The van der Waals surface area contributed by atoms with Crippen molar-refractivity contribution in [1.82, 2.24) is 4.31 Å². The highest BCUT2D eigenvalue weighted by Gasteiger charge is 2.32. The van der Waals surface area contributed by atoms with E-state index in [0.717, 1.165) is 38.7 Å². The van der Waals surface area contributed by atoms with Crippen LogP contribution in [0.3, 0.4) is 0 Å². The molecule has 1 atom stereocenters. The number of benzene rings is 2. The first-order valence-electron chi connectivity index (χ1n) is 10.6. The molecule has 2 saturated heterocycles. The molecule has 168 valence electrons. The summed E-state index contributed by atoms with van der Waals surface area (Å²) in [5, 5.41) is 8.69. The summed E-state index contributed by atoms with van der Waals surface area (Å²) in [6, 6.07) is 16.3. The zero-order valence-electron chi connectivity index (χ0n) is 17.5. The fourth-order valence-electron chi connectivity index (χ4n) is 3.91. The number of nitrogens with two attached hydrogens (primary N) is 1. The van der Waals surface area contributed by atoms with Gasteiger partial charge in [-0.25, -0.2) is 8.42 Å². The first-order valence-corrected chi connectivity index (χ1v) is 12.1. The molecule has 31 heavy (non-hydrogen) atoms. The number of aliphatic hydroxyl groups is 1. The molecule has 2 aromatic carbocycles. The quantitative estimate of drug-likeness (QED) is 0.750. The molecule has 2 aromatic rings. The normalized spacial score (nSPS) is 20.5. The molecule has 7 nitrogen and oxygen atoms in total. The van der Waals surface area contributed by atoms with Crippen LogP contribution in [0.2, 0.25) is 0 Å². The van der Waals surface area contributed by atoms with Gasteiger partial charge in [0.1, 0.15) is 0 Å². The van der Waals surface area contributed by atoms with E-state index in [1.165, 1.54) is 22.0 Å². The topological polar surface area (TPSA) is 110 Å². The molecule has 3 N–H and O–H groups in total. The first-order chi connectivity index (χ1) is 14.9. The van der Waals surface area contributed by atoms with Crippen LogP contribution in [0.15, 0.2) is 59.5 Å². The molecule has 1 unspecified atom stereocenters. The average Bonchev–Trinajstić information content (AvgIpc) is 2.81. The second-order valence-electron chi connectivity index (χ2n) is 7.77. The Morgan fingerprint density at radius 3 is 2.16 bits per heavy atom. The Morgan fingerprint density at radius 1 is 0.968 bits per heavy atom. The lowest BCUT2D eigenvalue weighted by atomic mass is 9.90. The second-order valence-corrected chi connectivity index (χ2v) is 9.68. The predicted molar refractivity (Wildman–Crippen MR) is 118 cm³/mol. The number of ether oxygens (including phenoxy) is 1. The third kappa shape index (κ3) is 6.13. The van der Waals surface area contributed by atoms with Gasteiger partial charge in [0.2, 0.25) is 15.9 Å². The number of carbonyl (C=O) groups excluding carboxylic acids is 1. The van der Waals surface area contributed by atoms with Gasteiger partial charge in [0.05, 0.1) is 10.5 Å². The Hall–Kier alpha value is -2.26. The molecule has 0 radical (unpaired) electrons. The van der Waals surface area contributed by atoms with E-state index >= 15 is 0 Å². The number of hydrogen-bond donors (Lipinski definition) is 2. The van der Waals surface area contributed by atoms with Crippen LogP contribution in [0.5, 0.6) is 0 Å². The third-order valence-electron chi connectivity index (χ3n) is 5.65. The summed E-state index contributed by atoms with van der Waals surface area (Å²) < 4.78 is 32.0. The molecule has 2 fully saturated rings. The fraction of sp³-hybridized carbons (Fsp3) is 0.435. The standard InChI is InChI=1S/C18H20N2O3S.C5H10O2/c19-18(21)16-8-4-5-9-17(16)24(22,23)20-12-10-15(11-13-20)14-6-2-1-3-7-14;6-5-3-1-2-4-7-5/h1-9,15H,10-13H2,(H2,19,21);5-6H,1-4H2. The zero-order valence-corrected chi connectivity index (χ0v) is 18.3. The van der Waals surface area contributed by atoms with Gasteiger partial charge in [-0.1, -0.05) is 42.5 Å². The van der Waals surface area contributed by atoms with E-state index in [-0.39, 0.29) is 10.5 Å². The molecule has 0 aliphatic carbocycles. The Kier molecular flexibility index (Phi) is 8.20. The van der Waals surface area contributed by atoms with Gasteiger partial charge in [0.15, 0.2) is 6.29 Å². The molecule has 8 heteroatoms. The summed E-state index contributed by atoms with van der Waals surface area (Å²) in [6.07, 6.45) is 4.11. The number of hydrogen-bond acceptors (Lipinski definition) is 5. The van der Waals surface area contributed by atoms with Crippen LogP contribution >= 0.6 is 0 Å². The first kappa shape index (κ1) is 23.4. The fourth-order valence-corrected chi connectivity index (χ4v) is 5.58. The smallest absolute Gasteiger partial charge is 0.250 e. The number of piperidine rings is 1. The SMILES string of the molecule is NC(=O)c1ccccc1S(=O)(=O)N1CCC(c2ccccc2)CC1.OC1CCCCO1. The average molecular weight is 447 g/mol. The number of amides is 1. The Balaban J connectivity index is 0.000000330. The maximum absolute atomic E-state index is 12.9. The van der Waals surface area contributed by atoms with Crippen LogP contribution in [0, 0.1) is 0 Å². The van der Waals surface area contributed by atoms with Crippen LogP contribution in [-0.4, -0.2) is 49.7 Å². The van der Waals surface area contributed by atoms with Crippen molar-refractivity contribution < 1.29 is 23.1 Å². The molecule has 2 aliphatic rings. The lowest BCUT2D eigenvalue weighted by molar-refractivity contribution is -0.123. The molecule has 2 aliphatic heterocycles. The predicted octanol–water partition coefficient (Wildman–Crippen LogP) is 2.86. The van der Waals surface area contributed by atoms with Crippen LogP contribution in [0.4, 0.5) is 0 Å². The minimum Gasteiger partial charge on any atom is -0.368 e. The molecule has 4 rings (SSSR count). The van der Waals surface area contributed by atoms with Crippen molar-refractivity contribution in [3.63, 3.8) is 0 Å². The summed E-state index contributed by atoms with van der Waals surface area (Å²) in [6.45, 7) is 1.62. The highest BCUT2D eigenvalue weighted by molar-refractivity contribution is 7.89. The maximum atomic E-state index is 12.9. The zero-order chi connectivity index (χ0) is 22.3. The van der Waals surface area contributed by atoms with E-state index in [2.05, 4.69) is 12.1 Å². The van der Waals surface area contributed by atoms with Crippen molar-refractivity contribution in [3.05, 3.63) is 65.7 Å². The molecular formula is C23H30N2O5S. The summed E-state index contributed by atoms with van der Waals surface area (Å²) in [4.78, 5) is 11.5. The van der Waals surface area contributed by atoms with Crippen LogP contribution in [-0.2, 0) is 14.8 Å². The number of sulfonamides is 1. The van der Waals surface area contributed by atoms with E-state index in [4.69, 9.17) is 15.6 Å². The highest BCUT2D eigenvalue weighted by Crippen LogP contribution is 2.31. The van der Waals surface area contributed by atoms with E-state index in [0.29, 0.717) is 19.0 Å². The monoisotopic (exact) mass is 446 g/mol. The lowest BCUT2D eigenvalue weighted by Crippen LogP contribution is -2.38. The number of nitrogens with zero attached hydrogens (tertiary/aromatic N) is 1. The molecule has 0 aromatic heterocycles. The van der Waals surface area contributed by atoms with E-state index in [9.17, 15) is 13.2 Å².